The van der Waals surface area contributed by atoms with Gasteiger partial charge in [-0.15, -0.1) is 6.58 Å². The predicted octanol–water partition coefficient (Wildman–Crippen LogP) is 2.09. The average Bonchev–Trinajstić information content (AvgIpc) is 3.36. The molecule has 0 radical (unpaired) electrons. The fourth-order valence-electron chi connectivity index (χ4n) is 4.64. The van der Waals surface area contributed by atoms with Crippen LogP contribution in [0.3, 0.4) is 0 Å². The monoisotopic (exact) mass is 483 g/mol. The minimum atomic E-state index is -0.308. The van der Waals surface area contributed by atoms with Gasteiger partial charge in [0.15, 0.2) is 5.69 Å². The smallest absolute Gasteiger partial charge is 0.275 e. The van der Waals surface area contributed by atoms with Crippen molar-refractivity contribution in [2.75, 3.05) is 70.9 Å². The first-order valence-electron chi connectivity index (χ1n) is 12.4. The van der Waals surface area contributed by atoms with Crippen LogP contribution < -0.4 is 9.64 Å². The molecule has 35 heavy (non-hydrogen) atoms. The van der Waals surface area contributed by atoms with Crippen molar-refractivity contribution in [1.82, 2.24) is 19.7 Å². The lowest BCUT2D eigenvalue weighted by atomic mass is 10.1. The largest absolute Gasteiger partial charge is 0.497 e. The first-order chi connectivity index (χ1) is 17.1. The van der Waals surface area contributed by atoms with Crippen LogP contribution in [0.4, 0.5) is 5.69 Å². The molecule has 0 unspecified atom stereocenters. The molecule has 0 saturated carbocycles. The average molecular weight is 484 g/mol. The molecule has 1 atom stereocenters. The van der Waals surface area contributed by atoms with E-state index in [4.69, 9.17) is 9.15 Å². The number of ether oxygens (including phenoxy) is 1. The third-order valence-corrected chi connectivity index (χ3v) is 6.75. The van der Waals surface area contributed by atoms with Gasteiger partial charge in [0.2, 0.25) is 5.89 Å². The highest BCUT2D eigenvalue weighted by Gasteiger charge is 2.26. The minimum absolute atomic E-state index is 0.0800. The molecule has 1 aromatic heterocycles. The first-order valence-corrected chi connectivity index (χ1v) is 12.4. The van der Waals surface area contributed by atoms with Gasteiger partial charge in [0, 0.05) is 70.7 Å². The molecule has 1 amide bonds. The summed E-state index contributed by atoms with van der Waals surface area (Å²) in [7, 11) is 1.67. The second kappa shape index (κ2) is 12.2. The molecular formula is C26H37N5O4. The number of anilines is 1. The summed E-state index contributed by atoms with van der Waals surface area (Å²) in [4.78, 5) is 26.1. The zero-order chi connectivity index (χ0) is 24.6. The molecule has 0 spiro atoms. The quantitative estimate of drug-likeness (QED) is 0.515. The molecule has 0 aliphatic carbocycles. The Kier molecular flexibility index (Phi) is 8.79. The summed E-state index contributed by atoms with van der Waals surface area (Å²) in [6, 6.07) is 8.00. The van der Waals surface area contributed by atoms with Gasteiger partial charge in [-0.1, -0.05) is 12.1 Å². The Morgan fingerprint density at radius 3 is 2.63 bits per heavy atom. The van der Waals surface area contributed by atoms with Crippen molar-refractivity contribution in [2.45, 2.75) is 25.5 Å². The lowest BCUT2D eigenvalue weighted by Gasteiger charge is -2.35. The third kappa shape index (κ3) is 6.84. The molecule has 9 heteroatoms. The number of rotatable bonds is 10. The number of carbonyl (C=O) groups is 1. The maximum Gasteiger partial charge on any atom is 0.275 e. The normalized spacial score (nSPS) is 18.5. The molecule has 4 rings (SSSR count). The van der Waals surface area contributed by atoms with E-state index in [1.807, 2.05) is 29.2 Å². The van der Waals surface area contributed by atoms with Gasteiger partial charge in [0.25, 0.3) is 5.91 Å². The molecule has 1 N–H and O–H groups in total. The van der Waals surface area contributed by atoms with Crippen LogP contribution in [-0.2, 0) is 6.54 Å². The predicted molar refractivity (Wildman–Crippen MR) is 135 cm³/mol. The van der Waals surface area contributed by atoms with Crippen LogP contribution in [-0.4, -0.2) is 103 Å². The van der Waals surface area contributed by atoms with Crippen LogP contribution in [0.1, 0.15) is 29.2 Å². The van der Waals surface area contributed by atoms with E-state index in [0.29, 0.717) is 37.8 Å². The number of hydrogen-bond donors (Lipinski definition) is 1. The van der Waals surface area contributed by atoms with Crippen molar-refractivity contribution in [3.05, 3.63) is 54.8 Å². The van der Waals surface area contributed by atoms with Gasteiger partial charge < -0.3 is 24.1 Å². The lowest BCUT2D eigenvalue weighted by molar-refractivity contribution is 0.0642. The number of piperazine rings is 2. The fourth-order valence-corrected chi connectivity index (χ4v) is 4.64. The van der Waals surface area contributed by atoms with Gasteiger partial charge in [0.1, 0.15) is 12.0 Å². The highest BCUT2D eigenvalue weighted by molar-refractivity contribution is 5.92. The number of aliphatic hydroxyl groups excluding tert-OH is 1. The van der Waals surface area contributed by atoms with Crippen molar-refractivity contribution in [3.63, 3.8) is 0 Å². The van der Waals surface area contributed by atoms with E-state index in [0.717, 1.165) is 63.5 Å². The molecule has 190 valence electrons. The number of aromatic nitrogens is 1. The Morgan fingerprint density at radius 1 is 1.17 bits per heavy atom. The van der Waals surface area contributed by atoms with Crippen LogP contribution in [0.2, 0.25) is 0 Å². The van der Waals surface area contributed by atoms with Crippen molar-refractivity contribution < 1.29 is 19.1 Å². The van der Waals surface area contributed by atoms with Crippen molar-refractivity contribution >= 4 is 11.6 Å². The van der Waals surface area contributed by atoms with Crippen molar-refractivity contribution in [1.29, 1.82) is 0 Å². The number of oxazole rings is 1. The van der Waals surface area contributed by atoms with Gasteiger partial charge in [0.05, 0.1) is 19.8 Å². The second-order valence-corrected chi connectivity index (χ2v) is 9.20. The summed E-state index contributed by atoms with van der Waals surface area (Å²) in [5.41, 5.74) is 1.48. The van der Waals surface area contributed by atoms with E-state index < -0.39 is 0 Å². The summed E-state index contributed by atoms with van der Waals surface area (Å²) in [5.74, 6) is 1.32. The number of aliphatic hydroxyl groups is 1. The molecule has 2 fully saturated rings. The van der Waals surface area contributed by atoms with Crippen LogP contribution in [0.25, 0.3) is 0 Å². The van der Waals surface area contributed by atoms with Crippen molar-refractivity contribution in [3.8, 4) is 5.75 Å². The maximum absolute atomic E-state index is 13.0. The van der Waals surface area contributed by atoms with Gasteiger partial charge >= 0.3 is 0 Å². The molecule has 9 nitrogen and oxygen atoms in total. The van der Waals surface area contributed by atoms with E-state index in [2.05, 4.69) is 32.3 Å². The molecule has 1 aromatic carbocycles. The van der Waals surface area contributed by atoms with E-state index in [1.54, 1.807) is 7.11 Å². The van der Waals surface area contributed by atoms with Gasteiger partial charge in [-0.2, -0.15) is 0 Å². The summed E-state index contributed by atoms with van der Waals surface area (Å²) in [5, 5.41) is 10.1. The van der Waals surface area contributed by atoms with E-state index >= 15 is 0 Å². The second-order valence-electron chi connectivity index (χ2n) is 9.20. The third-order valence-electron chi connectivity index (χ3n) is 6.75. The number of methoxy groups -OCH3 is 1. The Labute approximate surface area is 207 Å². The van der Waals surface area contributed by atoms with Gasteiger partial charge in [-0.3, -0.25) is 14.6 Å². The van der Waals surface area contributed by atoms with Crippen molar-refractivity contribution in [2.24, 2.45) is 0 Å². The minimum Gasteiger partial charge on any atom is -0.497 e. The van der Waals surface area contributed by atoms with E-state index in [-0.39, 0.29) is 12.0 Å². The summed E-state index contributed by atoms with van der Waals surface area (Å²) >= 11 is 0. The van der Waals surface area contributed by atoms with Gasteiger partial charge in [-0.25, -0.2) is 4.98 Å². The number of β-amino-alcohol motifs (C(OH)–C–C–N with tert-alkyl or cyclic N) is 1. The highest BCUT2D eigenvalue weighted by atomic mass is 16.5. The summed E-state index contributed by atoms with van der Waals surface area (Å²) < 4.78 is 11.0. The summed E-state index contributed by atoms with van der Waals surface area (Å²) in [6.45, 7) is 11.4. The zero-order valence-electron chi connectivity index (χ0n) is 20.6. The molecule has 3 heterocycles. The van der Waals surface area contributed by atoms with Crippen LogP contribution in [0.15, 0.2) is 47.6 Å². The molecule has 2 aliphatic heterocycles. The number of allylic oxidation sites excluding steroid dienone is 1. The fraction of sp³-hybridized carbons (Fsp3) is 0.538. The van der Waals surface area contributed by atoms with Crippen LogP contribution in [0.5, 0.6) is 5.75 Å². The number of amides is 1. The Balaban J connectivity index is 1.22. The molecule has 0 bridgehead atoms. The maximum atomic E-state index is 13.0. The molecule has 2 aromatic rings. The summed E-state index contributed by atoms with van der Waals surface area (Å²) in [6.07, 6.45) is 4.62. The lowest BCUT2D eigenvalue weighted by Crippen LogP contribution is -2.49. The zero-order valence-corrected chi connectivity index (χ0v) is 20.6. The molecular weight excluding hydrogens is 446 g/mol. The van der Waals surface area contributed by atoms with Crippen LogP contribution >= 0.6 is 0 Å². The van der Waals surface area contributed by atoms with E-state index in [1.165, 1.54) is 6.26 Å². The molecule has 2 aliphatic rings. The Hall–Kier alpha value is -2.88. The van der Waals surface area contributed by atoms with E-state index in [9.17, 15) is 9.90 Å². The molecule has 2 saturated heterocycles. The number of benzene rings is 1. The standard InChI is InChI=1S/C26H37N5O4/c1-3-4-7-22(32)18-28-9-11-29(12-10-28)19-25-27-24(20-35-25)26(33)31-15-13-30(14-16-31)21-6-5-8-23(17-21)34-2/h3,5-6,8,17,20,22,32H,1,4,7,9-16,18-19H2,2H3/t22-/m0/s1. The van der Waals surface area contributed by atoms with Gasteiger partial charge in [-0.05, 0) is 25.0 Å². The number of carbonyl (C=O) groups excluding carboxylic acids is 1. The highest BCUT2D eigenvalue weighted by Crippen LogP contribution is 2.22. The SMILES string of the molecule is C=CCC[C@H](O)CN1CCN(Cc2nc(C(=O)N3CCN(c4cccc(OC)c4)CC3)co2)CC1. The number of nitrogens with zero attached hydrogens (tertiary/aromatic N) is 5. The first kappa shape index (κ1) is 25.2. The Morgan fingerprint density at radius 2 is 1.91 bits per heavy atom. The number of hydrogen-bond acceptors (Lipinski definition) is 8. The van der Waals surface area contributed by atoms with Crippen LogP contribution in [0, 0.1) is 0 Å². The Bertz CT molecular complexity index is 964. The topological polar surface area (TPSA) is 85.5 Å².